The van der Waals surface area contributed by atoms with Crippen LogP contribution in [-0.2, 0) is 0 Å². The highest BCUT2D eigenvalue weighted by Gasteiger charge is 2.40. The van der Waals surface area contributed by atoms with E-state index >= 15 is 0 Å². The molecule has 0 aromatic heterocycles. The smallest absolute Gasteiger partial charge is 0.408 e. The van der Waals surface area contributed by atoms with Crippen molar-refractivity contribution in [1.82, 2.24) is 9.80 Å². The molecule has 18 heavy (non-hydrogen) atoms. The van der Waals surface area contributed by atoms with Gasteiger partial charge in [0.1, 0.15) is 6.17 Å². The Bertz CT molecular complexity index is 294. The molecule has 1 fully saturated rings. The third kappa shape index (κ3) is 3.55. The van der Waals surface area contributed by atoms with E-state index in [-0.39, 0.29) is 13.2 Å². The number of aliphatic hydroxyl groups excluding tert-OH is 1. The number of nitrogens with zero attached hydrogens (tertiary/aromatic N) is 2. The second-order valence-electron chi connectivity index (χ2n) is 5.72. The highest BCUT2D eigenvalue weighted by Crippen LogP contribution is 2.26. The third-order valence-corrected chi connectivity index (χ3v) is 3.27. The van der Waals surface area contributed by atoms with Gasteiger partial charge in [0.15, 0.2) is 0 Å². The molecule has 0 bridgehead atoms. The van der Waals surface area contributed by atoms with Crippen LogP contribution >= 0.6 is 0 Å². The Morgan fingerprint density at radius 2 is 2.11 bits per heavy atom. The van der Waals surface area contributed by atoms with Crippen LogP contribution in [0.2, 0.25) is 0 Å². The number of halogens is 1. The number of alkyl halides is 1. The second-order valence-corrected chi connectivity index (χ2v) is 5.72. The lowest BCUT2D eigenvalue weighted by Crippen LogP contribution is -2.59. The van der Waals surface area contributed by atoms with Gasteiger partial charge < -0.3 is 10.2 Å². The van der Waals surface area contributed by atoms with Crippen LogP contribution in [0, 0.1) is 0 Å². The lowest BCUT2D eigenvalue weighted by atomic mass is 9.95. The van der Waals surface area contributed by atoms with Crippen LogP contribution in [0.3, 0.4) is 0 Å². The number of likely N-dealkylation sites (tertiary alicyclic amines) is 1. The molecule has 0 radical (unpaired) electrons. The SMILES string of the molecule is CC(C)(C)N(C(=O)O)[C@@H]1CCN(CCO)C[C@@H]1F. The van der Waals surface area contributed by atoms with Gasteiger partial charge >= 0.3 is 6.09 Å². The van der Waals surface area contributed by atoms with E-state index in [1.54, 1.807) is 20.8 Å². The topological polar surface area (TPSA) is 64.0 Å². The fourth-order valence-corrected chi connectivity index (χ4v) is 2.52. The minimum atomic E-state index is -1.21. The maximum atomic E-state index is 14.1. The molecule has 0 unspecified atom stereocenters. The highest BCUT2D eigenvalue weighted by molar-refractivity contribution is 5.66. The van der Waals surface area contributed by atoms with Crippen molar-refractivity contribution in [2.45, 2.75) is 44.9 Å². The van der Waals surface area contributed by atoms with Gasteiger partial charge in [-0.3, -0.25) is 9.80 Å². The molecule has 1 rings (SSSR count). The van der Waals surface area contributed by atoms with E-state index in [0.29, 0.717) is 19.5 Å². The van der Waals surface area contributed by atoms with Gasteiger partial charge in [-0.2, -0.15) is 0 Å². The van der Waals surface area contributed by atoms with E-state index < -0.39 is 23.8 Å². The molecule has 2 N–H and O–H groups in total. The van der Waals surface area contributed by atoms with Crippen molar-refractivity contribution in [3.63, 3.8) is 0 Å². The summed E-state index contributed by atoms with van der Waals surface area (Å²) in [6, 6.07) is -0.600. The van der Waals surface area contributed by atoms with Crippen LogP contribution in [0.15, 0.2) is 0 Å². The molecule has 1 amide bonds. The number of aliphatic hydroxyl groups is 1. The minimum absolute atomic E-state index is 0.000692. The third-order valence-electron chi connectivity index (χ3n) is 3.27. The van der Waals surface area contributed by atoms with E-state index in [4.69, 9.17) is 5.11 Å². The molecule has 0 aromatic rings. The Hall–Kier alpha value is -0.880. The summed E-state index contributed by atoms with van der Waals surface area (Å²) in [6.07, 6.45) is -1.82. The van der Waals surface area contributed by atoms with Crippen LogP contribution in [-0.4, -0.2) is 70.1 Å². The van der Waals surface area contributed by atoms with Gasteiger partial charge in [-0.25, -0.2) is 9.18 Å². The molecule has 1 saturated heterocycles. The molecule has 0 aliphatic carbocycles. The zero-order chi connectivity index (χ0) is 13.9. The number of carbonyl (C=O) groups is 1. The quantitative estimate of drug-likeness (QED) is 0.801. The van der Waals surface area contributed by atoms with Gasteiger partial charge in [0.25, 0.3) is 0 Å². The highest BCUT2D eigenvalue weighted by atomic mass is 19.1. The Morgan fingerprint density at radius 3 is 2.50 bits per heavy atom. The summed E-state index contributed by atoms with van der Waals surface area (Å²) >= 11 is 0. The Balaban J connectivity index is 2.74. The number of β-amino-alcohol motifs (C(OH)–C–C–N with tert-alkyl or cyclic N) is 1. The fourth-order valence-electron chi connectivity index (χ4n) is 2.52. The van der Waals surface area contributed by atoms with Crippen molar-refractivity contribution >= 4 is 6.09 Å². The molecule has 0 spiro atoms. The first-order chi connectivity index (χ1) is 8.27. The summed E-state index contributed by atoms with van der Waals surface area (Å²) in [7, 11) is 0. The normalized spacial score (nSPS) is 26.1. The van der Waals surface area contributed by atoms with Crippen molar-refractivity contribution in [3.05, 3.63) is 0 Å². The van der Waals surface area contributed by atoms with Crippen LogP contribution in [0.4, 0.5) is 9.18 Å². The van der Waals surface area contributed by atoms with E-state index in [1.165, 1.54) is 4.90 Å². The van der Waals surface area contributed by atoms with Gasteiger partial charge in [-0.1, -0.05) is 0 Å². The van der Waals surface area contributed by atoms with Gasteiger partial charge in [-0.15, -0.1) is 0 Å². The minimum Gasteiger partial charge on any atom is -0.465 e. The molecule has 1 aliphatic heterocycles. The summed E-state index contributed by atoms with van der Waals surface area (Å²) in [6.45, 7) is 6.56. The molecule has 0 saturated carbocycles. The van der Waals surface area contributed by atoms with Crippen molar-refractivity contribution in [1.29, 1.82) is 0 Å². The number of hydrogen-bond donors (Lipinski definition) is 2. The molecule has 2 atom stereocenters. The Kier molecular flexibility index (Phi) is 4.92. The fraction of sp³-hybridized carbons (Fsp3) is 0.917. The predicted octanol–water partition coefficient (Wildman–Crippen LogP) is 1.17. The molecule has 5 nitrogen and oxygen atoms in total. The molecular formula is C12H23FN2O3. The predicted molar refractivity (Wildman–Crippen MR) is 66.4 cm³/mol. The van der Waals surface area contributed by atoms with Gasteiger partial charge in [0.2, 0.25) is 0 Å². The van der Waals surface area contributed by atoms with E-state index in [1.807, 2.05) is 4.90 Å². The van der Waals surface area contributed by atoms with Gasteiger partial charge in [0.05, 0.1) is 12.6 Å². The number of carboxylic acid groups (broad SMARTS) is 1. The van der Waals surface area contributed by atoms with Gasteiger partial charge in [-0.05, 0) is 27.2 Å². The lowest BCUT2D eigenvalue weighted by Gasteiger charge is -2.45. The first-order valence-corrected chi connectivity index (χ1v) is 6.27. The largest absolute Gasteiger partial charge is 0.465 e. The zero-order valence-electron chi connectivity index (χ0n) is 11.3. The number of piperidine rings is 1. The standard InChI is InChI=1S/C12H23FN2O3/c1-12(2,3)15(11(17)18)10-4-5-14(6-7-16)8-9(10)13/h9-10,16H,4-8H2,1-3H3,(H,17,18)/t9-,10+/m0/s1. The van der Waals surface area contributed by atoms with Crippen molar-refractivity contribution in [2.75, 3.05) is 26.2 Å². The molecule has 106 valence electrons. The van der Waals surface area contributed by atoms with Crippen LogP contribution < -0.4 is 0 Å². The summed E-state index contributed by atoms with van der Waals surface area (Å²) < 4.78 is 14.1. The maximum absolute atomic E-state index is 14.1. The summed E-state index contributed by atoms with van der Waals surface area (Å²) in [5.74, 6) is 0. The summed E-state index contributed by atoms with van der Waals surface area (Å²) in [5.41, 5.74) is -0.611. The second kappa shape index (κ2) is 5.84. The first kappa shape index (κ1) is 15.2. The molecule has 0 aromatic carbocycles. The number of amides is 1. The average molecular weight is 262 g/mol. The lowest BCUT2D eigenvalue weighted by molar-refractivity contribution is -0.00426. The maximum Gasteiger partial charge on any atom is 0.408 e. The number of rotatable bonds is 3. The van der Waals surface area contributed by atoms with Crippen molar-refractivity contribution < 1.29 is 19.4 Å². The Labute approximate surface area is 107 Å². The van der Waals surface area contributed by atoms with Crippen molar-refractivity contribution in [2.24, 2.45) is 0 Å². The van der Waals surface area contributed by atoms with Gasteiger partial charge in [0, 0.05) is 25.2 Å². The van der Waals surface area contributed by atoms with E-state index in [0.717, 1.165) is 0 Å². The van der Waals surface area contributed by atoms with Crippen molar-refractivity contribution in [3.8, 4) is 0 Å². The summed E-state index contributed by atoms with van der Waals surface area (Å²) in [4.78, 5) is 14.3. The zero-order valence-corrected chi connectivity index (χ0v) is 11.3. The Morgan fingerprint density at radius 1 is 1.50 bits per heavy atom. The van der Waals surface area contributed by atoms with Crippen LogP contribution in [0.5, 0.6) is 0 Å². The average Bonchev–Trinajstić information content (AvgIpc) is 2.19. The van der Waals surface area contributed by atoms with Crippen LogP contribution in [0.1, 0.15) is 27.2 Å². The van der Waals surface area contributed by atoms with Crippen LogP contribution in [0.25, 0.3) is 0 Å². The monoisotopic (exact) mass is 262 g/mol. The molecule has 1 aliphatic rings. The molecule has 1 heterocycles. The van der Waals surface area contributed by atoms with E-state index in [9.17, 15) is 14.3 Å². The van der Waals surface area contributed by atoms with E-state index in [2.05, 4.69) is 0 Å². The molecule has 6 heteroatoms. The summed E-state index contributed by atoms with van der Waals surface area (Å²) in [5, 5.41) is 18.1. The molecular weight excluding hydrogens is 239 g/mol. The first-order valence-electron chi connectivity index (χ1n) is 6.27. The number of hydrogen-bond acceptors (Lipinski definition) is 3.